The van der Waals surface area contributed by atoms with Crippen LogP contribution in [0.5, 0.6) is 0 Å². The monoisotopic (exact) mass is 666 g/mol. The third kappa shape index (κ3) is 3.56. The predicted molar refractivity (Wildman–Crippen MR) is 169 cm³/mol. The zero-order chi connectivity index (χ0) is 34.1. The Morgan fingerprint density at radius 2 is 1.81 bits per heavy atom. The SMILES string of the molecule is CCN1C[C@]2(COC(=O)c3ccccc3N3C(=O)C[C@H](C)C3=O)CC[C@H](OC)[C@]34C1[C@](O)([C@@H](OC)[C@H]23)[C@@]1(O)C[C@H](OC)[C@H]2C[C@@H]4[C@@H]1C2=O. The summed E-state index contributed by atoms with van der Waals surface area (Å²) >= 11 is 0. The minimum atomic E-state index is -1.84. The van der Waals surface area contributed by atoms with Crippen LogP contribution in [0.4, 0.5) is 5.69 Å². The number of esters is 1. The van der Waals surface area contributed by atoms with Gasteiger partial charge in [-0.25, -0.2) is 9.69 Å². The number of likely N-dealkylation sites (N-methyl/N-ethyl adjacent to an activating group) is 1. The van der Waals surface area contributed by atoms with E-state index in [0.717, 1.165) is 4.90 Å². The normalized spacial score (nSPS) is 47.2. The van der Waals surface area contributed by atoms with Gasteiger partial charge in [-0.15, -0.1) is 0 Å². The number of benzene rings is 1. The van der Waals surface area contributed by atoms with E-state index in [-0.39, 0.29) is 66.2 Å². The second-order valence-electron chi connectivity index (χ2n) is 15.5. The summed E-state index contributed by atoms with van der Waals surface area (Å²) in [5.41, 5.74) is -4.80. The number of piperidine rings is 1. The zero-order valence-corrected chi connectivity index (χ0v) is 28.2. The van der Waals surface area contributed by atoms with Crippen LogP contribution in [0, 0.1) is 40.4 Å². The largest absolute Gasteiger partial charge is 0.461 e. The number of methoxy groups -OCH3 is 3. The first kappa shape index (κ1) is 32.5. The van der Waals surface area contributed by atoms with Crippen molar-refractivity contribution in [2.45, 2.75) is 81.5 Å². The number of rotatable bonds is 8. The number of amides is 2. The minimum absolute atomic E-state index is 0.0195. The van der Waals surface area contributed by atoms with E-state index in [2.05, 4.69) is 4.90 Å². The van der Waals surface area contributed by atoms with Gasteiger partial charge in [-0.2, -0.15) is 0 Å². The van der Waals surface area contributed by atoms with Gasteiger partial charge >= 0.3 is 5.97 Å². The topological polar surface area (TPSA) is 152 Å². The molecular formula is C36H46N2O10. The number of aliphatic hydroxyl groups is 2. The number of ketones is 1. The highest BCUT2D eigenvalue weighted by molar-refractivity contribution is 6.22. The molecule has 260 valence electrons. The summed E-state index contributed by atoms with van der Waals surface area (Å²) < 4.78 is 24.7. The number of nitrogens with zero attached hydrogens (tertiary/aromatic N) is 2. The standard InChI is InChI=1S/C36H46N2O10/c1-6-37-16-33(17-48-31(42)19-9-7-8-10-22(19)38-25(39)13-18(2)30(38)41)12-11-24(46-4)35-21-14-20-23(45-3)15-34(43,26(21)27(20)40)36(44,32(35)37)29(47-5)28(33)35/h7-10,18,20-21,23-24,26,28-29,32,43-44H,6,11-17H2,1-5H3/t18-,20+,21+,23-,24-,26+,28+,29-,32?,33-,34+,35-,36+/m0/s1. The van der Waals surface area contributed by atoms with Gasteiger partial charge in [0, 0.05) is 69.3 Å². The van der Waals surface area contributed by atoms with Crippen LogP contribution in [0.1, 0.15) is 56.3 Å². The number of hydrogen-bond donors (Lipinski definition) is 2. The average molecular weight is 667 g/mol. The van der Waals surface area contributed by atoms with Crippen LogP contribution < -0.4 is 4.90 Å². The van der Waals surface area contributed by atoms with Crippen molar-refractivity contribution in [3.05, 3.63) is 29.8 Å². The summed E-state index contributed by atoms with van der Waals surface area (Å²) in [6.45, 7) is 4.72. The highest BCUT2D eigenvalue weighted by Gasteiger charge is 2.91. The maximum atomic E-state index is 14.1. The Morgan fingerprint density at radius 1 is 1.06 bits per heavy atom. The first-order valence-electron chi connectivity index (χ1n) is 17.3. The molecule has 2 aliphatic heterocycles. The first-order chi connectivity index (χ1) is 22.9. The van der Waals surface area contributed by atoms with E-state index in [1.807, 2.05) is 6.92 Å². The van der Waals surface area contributed by atoms with Crippen LogP contribution in [-0.4, -0.2) is 115 Å². The molecule has 12 nitrogen and oxygen atoms in total. The van der Waals surface area contributed by atoms with Gasteiger partial charge in [0.2, 0.25) is 11.8 Å². The van der Waals surface area contributed by atoms with Gasteiger partial charge in [-0.1, -0.05) is 26.0 Å². The fourth-order valence-electron chi connectivity index (χ4n) is 12.6. The van der Waals surface area contributed by atoms with Gasteiger partial charge in [0.25, 0.3) is 0 Å². The number of carbonyl (C=O) groups is 4. The molecule has 1 aromatic carbocycles. The molecule has 0 radical (unpaired) electrons. The molecule has 12 heteroatoms. The predicted octanol–water partition coefficient (Wildman–Crippen LogP) is 1.59. The third-order valence-corrected chi connectivity index (χ3v) is 14.0. The summed E-state index contributed by atoms with van der Waals surface area (Å²) in [6.07, 6.45) is 0.178. The molecule has 1 spiro atoms. The minimum Gasteiger partial charge on any atom is -0.461 e. The van der Waals surface area contributed by atoms with Crippen molar-refractivity contribution >= 4 is 29.3 Å². The van der Waals surface area contributed by atoms with Gasteiger partial charge in [0.1, 0.15) is 17.0 Å². The summed E-state index contributed by atoms with van der Waals surface area (Å²) in [5.74, 6) is -3.81. The van der Waals surface area contributed by atoms with Crippen molar-refractivity contribution in [1.82, 2.24) is 4.90 Å². The number of para-hydroxylation sites is 1. The lowest BCUT2D eigenvalue weighted by atomic mass is 9.42. The first-order valence-corrected chi connectivity index (χ1v) is 17.3. The molecule has 8 rings (SSSR count). The number of fused-ring (bicyclic) bond motifs is 2. The van der Waals surface area contributed by atoms with Crippen LogP contribution >= 0.6 is 0 Å². The lowest BCUT2D eigenvalue weighted by molar-refractivity contribution is -0.300. The van der Waals surface area contributed by atoms with Gasteiger partial charge in [-0.3, -0.25) is 19.3 Å². The molecule has 0 aromatic heterocycles. The number of anilines is 1. The molecular weight excluding hydrogens is 620 g/mol. The highest BCUT2D eigenvalue weighted by atomic mass is 16.5. The second kappa shape index (κ2) is 10.6. The number of Topliss-reactive ketones (excluding diaryl/α,β-unsaturated/α-hetero) is 1. The molecule has 2 heterocycles. The Labute approximate surface area is 280 Å². The average Bonchev–Trinajstić information content (AvgIpc) is 3.56. The summed E-state index contributed by atoms with van der Waals surface area (Å²) in [5, 5.41) is 26.1. The van der Waals surface area contributed by atoms with Crippen molar-refractivity contribution in [2.75, 3.05) is 45.9 Å². The van der Waals surface area contributed by atoms with Crippen LogP contribution in [0.15, 0.2) is 24.3 Å². The van der Waals surface area contributed by atoms with E-state index in [9.17, 15) is 29.4 Å². The molecule has 5 saturated carbocycles. The smallest absolute Gasteiger partial charge is 0.340 e. The van der Waals surface area contributed by atoms with Crippen LogP contribution in [0.2, 0.25) is 0 Å². The van der Waals surface area contributed by atoms with Crippen molar-refractivity contribution < 1.29 is 48.3 Å². The van der Waals surface area contributed by atoms with Crippen LogP contribution in [0.25, 0.3) is 0 Å². The lowest BCUT2D eigenvalue weighted by Crippen LogP contribution is -2.81. The number of likely N-dealkylation sites (tertiary alicyclic amines) is 1. The summed E-state index contributed by atoms with van der Waals surface area (Å²) in [7, 11) is 4.78. The summed E-state index contributed by atoms with van der Waals surface area (Å²) in [6, 6.07) is 5.93. The Kier molecular flexibility index (Phi) is 7.19. The summed E-state index contributed by atoms with van der Waals surface area (Å²) in [4.78, 5) is 57.2. The van der Waals surface area contributed by atoms with Gasteiger partial charge in [0.15, 0.2) is 0 Å². The van der Waals surface area contributed by atoms with Crippen molar-refractivity contribution in [3.63, 3.8) is 0 Å². The van der Waals surface area contributed by atoms with Crippen LogP contribution in [-0.2, 0) is 33.3 Å². The Hall–Kier alpha value is -2.74. The second-order valence-corrected chi connectivity index (χ2v) is 15.5. The van der Waals surface area contributed by atoms with Gasteiger partial charge in [0.05, 0.1) is 48.1 Å². The Morgan fingerprint density at radius 3 is 2.46 bits per heavy atom. The molecule has 7 aliphatic rings. The Balaban J connectivity index is 1.23. The maximum Gasteiger partial charge on any atom is 0.340 e. The maximum absolute atomic E-state index is 14.1. The molecule has 1 unspecified atom stereocenters. The number of imide groups is 1. The molecule has 7 fully saturated rings. The van der Waals surface area contributed by atoms with E-state index in [1.54, 1.807) is 52.5 Å². The van der Waals surface area contributed by atoms with Crippen molar-refractivity contribution in [1.29, 1.82) is 0 Å². The molecule has 1 aromatic rings. The quantitative estimate of drug-likeness (QED) is 0.307. The highest BCUT2D eigenvalue weighted by Crippen LogP contribution is 2.80. The number of ether oxygens (including phenoxy) is 4. The number of carbonyl (C=O) groups excluding carboxylic acids is 4. The van der Waals surface area contributed by atoms with Crippen LogP contribution in [0.3, 0.4) is 0 Å². The molecule has 13 atom stereocenters. The van der Waals surface area contributed by atoms with E-state index < -0.39 is 64.0 Å². The van der Waals surface area contributed by atoms with E-state index in [4.69, 9.17) is 18.9 Å². The van der Waals surface area contributed by atoms with E-state index in [1.165, 1.54) is 0 Å². The van der Waals surface area contributed by atoms with Gasteiger partial charge < -0.3 is 29.2 Å². The molecule has 2 amide bonds. The molecule has 2 N–H and O–H groups in total. The molecule has 48 heavy (non-hydrogen) atoms. The molecule has 7 bridgehead atoms. The van der Waals surface area contributed by atoms with Gasteiger partial charge in [-0.05, 0) is 43.9 Å². The van der Waals surface area contributed by atoms with E-state index in [0.29, 0.717) is 32.4 Å². The number of hydrogen-bond acceptors (Lipinski definition) is 11. The molecule has 5 aliphatic carbocycles. The fraction of sp³-hybridized carbons (Fsp3) is 0.722. The zero-order valence-electron chi connectivity index (χ0n) is 28.2. The third-order valence-electron chi connectivity index (χ3n) is 14.0. The van der Waals surface area contributed by atoms with Crippen molar-refractivity contribution in [3.8, 4) is 0 Å². The Bertz CT molecular complexity index is 1580. The lowest BCUT2D eigenvalue weighted by Gasteiger charge is -2.69. The van der Waals surface area contributed by atoms with E-state index >= 15 is 0 Å². The fourth-order valence-corrected chi connectivity index (χ4v) is 12.6. The van der Waals surface area contributed by atoms with Crippen molar-refractivity contribution in [2.24, 2.45) is 40.4 Å². The molecule has 2 saturated heterocycles.